The van der Waals surface area contributed by atoms with Gasteiger partial charge in [0.05, 0.1) is 12.0 Å². The van der Waals surface area contributed by atoms with E-state index in [0.717, 1.165) is 6.42 Å². The second kappa shape index (κ2) is 5.46. The molecule has 0 radical (unpaired) electrons. The molecule has 0 aromatic carbocycles. The van der Waals surface area contributed by atoms with E-state index in [1.165, 1.54) is 0 Å². The lowest BCUT2D eigenvalue weighted by Gasteiger charge is -2.41. The minimum Gasteiger partial charge on any atom is -0.481 e. The SMILES string of the molecule is O=C(O)CC1(NC(=O)NC2CCC(=O)NC2)CCC1. The lowest BCUT2D eigenvalue weighted by Crippen LogP contribution is -2.59. The Morgan fingerprint density at radius 1 is 1.42 bits per heavy atom. The smallest absolute Gasteiger partial charge is 0.315 e. The minimum atomic E-state index is -0.898. The van der Waals surface area contributed by atoms with E-state index in [9.17, 15) is 14.4 Å². The Balaban J connectivity index is 1.80. The highest BCUT2D eigenvalue weighted by atomic mass is 16.4. The van der Waals surface area contributed by atoms with E-state index in [2.05, 4.69) is 16.0 Å². The number of hydrogen-bond donors (Lipinski definition) is 4. The molecule has 2 rings (SSSR count). The molecule has 19 heavy (non-hydrogen) atoms. The van der Waals surface area contributed by atoms with Crippen molar-refractivity contribution in [2.24, 2.45) is 0 Å². The molecular formula is C12H19N3O4. The van der Waals surface area contributed by atoms with Crippen LogP contribution in [-0.4, -0.2) is 41.1 Å². The van der Waals surface area contributed by atoms with Crippen LogP contribution >= 0.6 is 0 Å². The molecule has 7 nitrogen and oxygen atoms in total. The molecule has 1 aliphatic heterocycles. The van der Waals surface area contributed by atoms with Crippen LogP contribution in [0.4, 0.5) is 4.79 Å². The van der Waals surface area contributed by atoms with Gasteiger partial charge in [-0.2, -0.15) is 0 Å². The molecule has 1 unspecified atom stereocenters. The number of piperidine rings is 1. The van der Waals surface area contributed by atoms with Gasteiger partial charge in [-0.1, -0.05) is 0 Å². The van der Waals surface area contributed by atoms with Gasteiger partial charge in [0.25, 0.3) is 0 Å². The van der Waals surface area contributed by atoms with E-state index in [4.69, 9.17) is 5.11 Å². The molecule has 2 fully saturated rings. The number of urea groups is 1. The van der Waals surface area contributed by atoms with Gasteiger partial charge in [-0.15, -0.1) is 0 Å². The first-order valence-electron chi connectivity index (χ1n) is 6.56. The van der Waals surface area contributed by atoms with E-state index >= 15 is 0 Å². The second-order valence-corrected chi connectivity index (χ2v) is 5.34. The average Bonchev–Trinajstić information content (AvgIpc) is 2.28. The van der Waals surface area contributed by atoms with E-state index in [1.807, 2.05) is 0 Å². The average molecular weight is 269 g/mol. The molecule has 0 bridgehead atoms. The molecule has 106 valence electrons. The van der Waals surface area contributed by atoms with Crippen molar-refractivity contribution in [3.8, 4) is 0 Å². The number of amides is 3. The Kier molecular flexibility index (Phi) is 3.92. The third-order valence-corrected chi connectivity index (χ3v) is 3.78. The number of carbonyl (C=O) groups excluding carboxylic acids is 2. The van der Waals surface area contributed by atoms with Crippen molar-refractivity contribution in [2.75, 3.05) is 6.54 Å². The van der Waals surface area contributed by atoms with Gasteiger partial charge in [-0.3, -0.25) is 9.59 Å². The van der Waals surface area contributed by atoms with Gasteiger partial charge < -0.3 is 21.1 Å². The number of carbonyl (C=O) groups is 3. The Bertz CT molecular complexity index is 382. The summed E-state index contributed by atoms with van der Waals surface area (Å²) >= 11 is 0. The number of nitrogens with one attached hydrogen (secondary N) is 3. The van der Waals surface area contributed by atoms with Crippen LogP contribution in [0.3, 0.4) is 0 Å². The van der Waals surface area contributed by atoms with Crippen molar-refractivity contribution < 1.29 is 19.5 Å². The largest absolute Gasteiger partial charge is 0.481 e. The maximum atomic E-state index is 11.9. The van der Waals surface area contributed by atoms with Gasteiger partial charge in [0.15, 0.2) is 0 Å². The molecular weight excluding hydrogens is 250 g/mol. The molecule has 1 atom stereocenters. The summed E-state index contributed by atoms with van der Waals surface area (Å²) in [5.41, 5.74) is -0.589. The summed E-state index contributed by atoms with van der Waals surface area (Å²) in [5, 5.41) is 17.1. The van der Waals surface area contributed by atoms with Crippen LogP contribution in [0.5, 0.6) is 0 Å². The Hall–Kier alpha value is -1.79. The highest BCUT2D eigenvalue weighted by molar-refractivity contribution is 5.79. The number of carboxylic acids is 1. The maximum Gasteiger partial charge on any atom is 0.315 e. The molecule has 2 aliphatic rings. The molecule has 3 amide bonds. The van der Waals surface area contributed by atoms with Crippen molar-refractivity contribution >= 4 is 17.9 Å². The topological polar surface area (TPSA) is 108 Å². The molecule has 0 spiro atoms. The number of aliphatic carboxylic acids is 1. The Labute approximate surface area is 111 Å². The van der Waals surface area contributed by atoms with Crippen molar-refractivity contribution in [1.82, 2.24) is 16.0 Å². The van der Waals surface area contributed by atoms with Crippen molar-refractivity contribution in [2.45, 2.75) is 50.1 Å². The van der Waals surface area contributed by atoms with Crippen LogP contribution in [0.2, 0.25) is 0 Å². The highest BCUT2D eigenvalue weighted by Gasteiger charge is 2.40. The monoisotopic (exact) mass is 269 g/mol. The zero-order valence-corrected chi connectivity index (χ0v) is 10.7. The highest BCUT2D eigenvalue weighted by Crippen LogP contribution is 2.34. The minimum absolute atomic E-state index is 0.000187. The maximum absolute atomic E-state index is 11.9. The van der Waals surface area contributed by atoms with Crippen molar-refractivity contribution in [3.63, 3.8) is 0 Å². The first-order chi connectivity index (χ1) is 8.99. The lowest BCUT2D eigenvalue weighted by atomic mass is 9.74. The van der Waals surface area contributed by atoms with E-state index < -0.39 is 11.5 Å². The summed E-state index contributed by atoms with van der Waals surface area (Å²) in [7, 11) is 0. The van der Waals surface area contributed by atoms with Gasteiger partial charge in [0.2, 0.25) is 5.91 Å². The molecule has 1 saturated heterocycles. The summed E-state index contributed by atoms with van der Waals surface area (Å²) in [4.78, 5) is 33.6. The summed E-state index contributed by atoms with van der Waals surface area (Å²) in [6.07, 6.45) is 3.33. The van der Waals surface area contributed by atoms with E-state index in [-0.39, 0.29) is 24.4 Å². The van der Waals surface area contributed by atoms with Crippen molar-refractivity contribution in [3.05, 3.63) is 0 Å². The quantitative estimate of drug-likeness (QED) is 0.574. The molecule has 4 N–H and O–H groups in total. The van der Waals surface area contributed by atoms with Gasteiger partial charge >= 0.3 is 12.0 Å². The molecule has 1 saturated carbocycles. The van der Waals surface area contributed by atoms with Gasteiger partial charge in [0.1, 0.15) is 0 Å². The standard InChI is InChI=1S/C12H19N3O4/c16-9-3-2-8(7-13-9)14-11(19)15-12(4-1-5-12)6-10(17)18/h8H,1-7H2,(H,13,16)(H,17,18)(H2,14,15,19). The number of carboxylic acid groups (broad SMARTS) is 1. The predicted octanol–water partition coefficient (Wildman–Crippen LogP) is -0.0384. The molecule has 0 aromatic rings. The van der Waals surface area contributed by atoms with Crippen LogP contribution in [0.1, 0.15) is 38.5 Å². The summed E-state index contributed by atoms with van der Waals surface area (Å²) in [6, 6.07) is -0.429. The summed E-state index contributed by atoms with van der Waals surface area (Å²) in [5.74, 6) is -0.898. The molecule has 1 aliphatic carbocycles. The zero-order chi connectivity index (χ0) is 13.9. The lowest BCUT2D eigenvalue weighted by molar-refractivity contribution is -0.139. The van der Waals surface area contributed by atoms with Gasteiger partial charge in [-0.25, -0.2) is 4.79 Å². The molecule has 7 heteroatoms. The Morgan fingerprint density at radius 3 is 2.63 bits per heavy atom. The fourth-order valence-electron chi connectivity index (χ4n) is 2.56. The zero-order valence-electron chi connectivity index (χ0n) is 10.7. The fourth-order valence-corrected chi connectivity index (χ4v) is 2.56. The van der Waals surface area contributed by atoms with Crippen LogP contribution in [0, 0.1) is 0 Å². The normalized spacial score (nSPS) is 24.8. The molecule has 0 aromatic heterocycles. The van der Waals surface area contributed by atoms with Gasteiger partial charge in [0, 0.05) is 19.0 Å². The van der Waals surface area contributed by atoms with E-state index in [1.54, 1.807) is 0 Å². The summed E-state index contributed by atoms with van der Waals surface area (Å²) in [6.45, 7) is 0.429. The predicted molar refractivity (Wildman–Crippen MR) is 66.5 cm³/mol. The first kappa shape index (κ1) is 13.6. The second-order valence-electron chi connectivity index (χ2n) is 5.34. The molecule has 1 heterocycles. The summed E-state index contributed by atoms with van der Waals surface area (Å²) < 4.78 is 0. The third-order valence-electron chi connectivity index (χ3n) is 3.78. The van der Waals surface area contributed by atoms with E-state index in [0.29, 0.717) is 32.2 Å². The Morgan fingerprint density at radius 2 is 2.16 bits per heavy atom. The number of hydrogen-bond acceptors (Lipinski definition) is 3. The van der Waals surface area contributed by atoms with Crippen molar-refractivity contribution in [1.29, 1.82) is 0 Å². The fraction of sp³-hybridized carbons (Fsp3) is 0.750. The number of rotatable bonds is 4. The van der Waals surface area contributed by atoms with Crippen LogP contribution < -0.4 is 16.0 Å². The van der Waals surface area contributed by atoms with Gasteiger partial charge in [-0.05, 0) is 25.7 Å². The van der Waals surface area contributed by atoms with Crippen LogP contribution in [0.25, 0.3) is 0 Å². The van der Waals surface area contributed by atoms with Crippen LogP contribution in [0.15, 0.2) is 0 Å². The first-order valence-corrected chi connectivity index (χ1v) is 6.56. The van der Waals surface area contributed by atoms with Crippen LogP contribution in [-0.2, 0) is 9.59 Å². The third kappa shape index (κ3) is 3.59.